The highest BCUT2D eigenvalue weighted by atomic mass is 16.5. The average Bonchev–Trinajstić information content (AvgIpc) is 2.65. The van der Waals surface area contributed by atoms with Gasteiger partial charge in [0.05, 0.1) is 24.8 Å². The number of aliphatic hydroxyl groups excluding tert-OH is 1. The van der Waals surface area contributed by atoms with Crippen LogP contribution in [0.2, 0.25) is 0 Å². The standard InChI is InChI=1S/C18H14O7/c1-25-18(24)15-7-11(2-3-12(15)8-19)16(21)10-4-5-14(17(22)23)13(6-10)9-20/h2-7,9,19H,8H2,1H3,(H,22,23). The summed E-state index contributed by atoms with van der Waals surface area (Å²) in [4.78, 5) is 46.4. The van der Waals surface area contributed by atoms with Gasteiger partial charge in [-0.05, 0) is 23.8 Å². The zero-order valence-electron chi connectivity index (χ0n) is 13.2. The van der Waals surface area contributed by atoms with E-state index in [1.165, 1.54) is 43.5 Å². The first-order valence-corrected chi connectivity index (χ1v) is 7.12. The largest absolute Gasteiger partial charge is 0.478 e. The molecule has 0 spiro atoms. The first-order valence-electron chi connectivity index (χ1n) is 7.12. The summed E-state index contributed by atoms with van der Waals surface area (Å²) in [7, 11) is 1.18. The molecule has 2 rings (SSSR count). The molecule has 0 heterocycles. The van der Waals surface area contributed by atoms with Crippen molar-refractivity contribution < 1.29 is 34.1 Å². The predicted molar refractivity (Wildman–Crippen MR) is 85.9 cm³/mol. The second-order valence-electron chi connectivity index (χ2n) is 5.08. The first kappa shape index (κ1) is 18.0. The molecule has 0 fully saturated rings. The fourth-order valence-corrected chi connectivity index (χ4v) is 2.32. The molecular formula is C18H14O7. The summed E-state index contributed by atoms with van der Waals surface area (Å²) in [5.74, 6) is -2.48. The van der Waals surface area contributed by atoms with E-state index in [0.29, 0.717) is 11.8 Å². The van der Waals surface area contributed by atoms with Crippen molar-refractivity contribution in [3.05, 3.63) is 69.8 Å². The van der Waals surface area contributed by atoms with Crippen LogP contribution in [-0.4, -0.2) is 41.3 Å². The Morgan fingerprint density at radius 2 is 1.68 bits per heavy atom. The molecule has 25 heavy (non-hydrogen) atoms. The molecule has 0 aliphatic carbocycles. The van der Waals surface area contributed by atoms with Crippen molar-refractivity contribution in [2.24, 2.45) is 0 Å². The van der Waals surface area contributed by atoms with Gasteiger partial charge in [0.2, 0.25) is 0 Å². The van der Waals surface area contributed by atoms with Crippen LogP contribution in [0.15, 0.2) is 36.4 Å². The van der Waals surface area contributed by atoms with E-state index in [2.05, 4.69) is 4.74 Å². The van der Waals surface area contributed by atoms with E-state index in [1.54, 1.807) is 0 Å². The summed E-state index contributed by atoms with van der Waals surface area (Å²) in [6.07, 6.45) is 0.356. The van der Waals surface area contributed by atoms with Gasteiger partial charge in [0.15, 0.2) is 12.1 Å². The Balaban J connectivity index is 2.49. The lowest BCUT2D eigenvalue weighted by atomic mass is 9.96. The second-order valence-corrected chi connectivity index (χ2v) is 5.08. The number of carbonyl (C=O) groups is 4. The van der Waals surface area contributed by atoms with E-state index in [0.717, 1.165) is 0 Å². The molecule has 0 unspecified atom stereocenters. The summed E-state index contributed by atoms with van der Waals surface area (Å²) in [6.45, 7) is -0.401. The molecule has 7 heteroatoms. The Kier molecular flexibility index (Phi) is 5.41. The Labute approximate surface area is 142 Å². The van der Waals surface area contributed by atoms with Gasteiger partial charge in [-0.25, -0.2) is 9.59 Å². The number of hydrogen-bond donors (Lipinski definition) is 2. The molecule has 0 amide bonds. The van der Waals surface area contributed by atoms with Crippen LogP contribution in [0, 0.1) is 0 Å². The van der Waals surface area contributed by atoms with Gasteiger partial charge in [-0.2, -0.15) is 0 Å². The van der Waals surface area contributed by atoms with E-state index in [4.69, 9.17) is 5.11 Å². The Hall–Kier alpha value is -3.32. The van der Waals surface area contributed by atoms with Gasteiger partial charge >= 0.3 is 11.9 Å². The lowest BCUT2D eigenvalue weighted by Gasteiger charge is -2.09. The number of methoxy groups -OCH3 is 1. The molecular weight excluding hydrogens is 328 g/mol. The molecule has 7 nitrogen and oxygen atoms in total. The van der Waals surface area contributed by atoms with E-state index in [9.17, 15) is 24.3 Å². The Morgan fingerprint density at radius 3 is 2.24 bits per heavy atom. The maximum absolute atomic E-state index is 12.6. The minimum atomic E-state index is -1.28. The van der Waals surface area contributed by atoms with Crippen LogP contribution >= 0.6 is 0 Å². The maximum atomic E-state index is 12.6. The van der Waals surface area contributed by atoms with Crippen molar-refractivity contribution in [1.82, 2.24) is 0 Å². The number of aliphatic hydroxyl groups is 1. The summed E-state index contributed by atoms with van der Waals surface area (Å²) in [5.41, 5.74) is 0.250. The van der Waals surface area contributed by atoms with Crippen LogP contribution in [0.25, 0.3) is 0 Å². The number of carboxylic acids is 1. The zero-order chi connectivity index (χ0) is 18.6. The highest BCUT2D eigenvalue weighted by Crippen LogP contribution is 2.19. The van der Waals surface area contributed by atoms with Crippen molar-refractivity contribution in [2.45, 2.75) is 6.61 Å². The minimum Gasteiger partial charge on any atom is -0.478 e. The van der Waals surface area contributed by atoms with Gasteiger partial charge in [-0.1, -0.05) is 18.2 Å². The quantitative estimate of drug-likeness (QED) is 0.466. The number of ketones is 1. The number of hydrogen-bond acceptors (Lipinski definition) is 6. The summed E-state index contributed by atoms with van der Waals surface area (Å²) >= 11 is 0. The molecule has 0 radical (unpaired) electrons. The Morgan fingerprint density at radius 1 is 1.04 bits per heavy atom. The maximum Gasteiger partial charge on any atom is 0.338 e. The number of aldehydes is 1. The second kappa shape index (κ2) is 7.50. The number of carboxylic acid groups (broad SMARTS) is 1. The first-order chi connectivity index (χ1) is 11.9. The SMILES string of the molecule is COC(=O)c1cc(C(=O)c2ccc(C(=O)O)c(C=O)c2)ccc1CO. The van der Waals surface area contributed by atoms with Crippen molar-refractivity contribution in [3.8, 4) is 0 Å². The molecule has 128 valence electrons. The number of carbonyl (C=O) groups excluding carboxylic acids is 3. The Bertz CT molecular complexity index is 868. The van der Waals surface area contributed by atoms with Crippen LogP contribution in [-0.2, 0) is 11.3 Å². The van der Waals surface area contributed by atoms with Gasteiger partial charge in [-0.3, -0.25) is 9.59 Å². The van der Waals surface area contributed by atoms with Crippen molar-refractivity contribution in [3.63, 3.8) is 0 Å². The molecule has 0 aromatic heterocycles. The van der Waals surface area contributed by atoms with Crippen LogP contribution in [0.5, 0.6) is 0 Å². The number of ether oxygens (including phenoxy) is 1. The lowest BCUT2D eigenvalue weighted by molar-refractivity contribution is 0.0596. The van der Waals surface area contributed by atoms with Crippen LogP contribution in [0.4, 0.5) is 0 Å². The summed E-state index contributed by atoms with van der Waals surface area (Å²) in [6, 6.07) is 7.76. The predicted octanol–water partition coefficient (Wildman–Crippen LogP) is 1.71. The summed E-state index contributed by atoms with van der Waals surface area (Å²) < 4.78 is 4.62. The van der Waals surface area contributed by atoms with Gasteiger partial charge in [0.25, 0.3) is 0 Å². The fraction of sp³-hybridized carbons (Fsp3) is 0.111. The van der Waals surface area contributed by atoms with Gasteiger partial charge in [0.1, 0.15) is 0 Å². The van der Waals surface area contributed by atoms with Gasteiger partial charge < -0.3 is 14.9 Å². The van der Waals surface area contributed by atoms with Crippen LogP contribution in [0.3, 0.4) is 0 Å². The minimum absolute atomic E-state index is 0.0496. The average molecular weight is 342 g/mol. The molecule has 2 aromatic carbocycles. The van der Waals surface area contributed by atoms with E-state index < -0.39 is 24.3 Å². The molecule has 0 aliphatic rings. The van der Waals surface area contributed by atoms with E-state index in [1.807, 2.05) is 0 Å². The molecule has 0 saturated carbocycles. The normalized spacial score (nSPS) is 10.2. The lowest BCUT2D eigenvalue weighted by Crippen LogP contribution is -2.10. The number of benzene rings is 2. The van der Waals surface area contributed by atoms with Gasteiger partial charge in [-0.15, -0.1) is 0 Å². The molecule has 0 atom stereocenters. The van der Waals surface area contributed by atoms with E-state index >= 15 is 0 Å². The topological polar surface area (TPSA) is 118 Å². The smallest absolute Gasteiger partial charge is 0.338 e. The van der Waals surface area contributed by atoms with Gasteiger partial charge in [0, 0.05) is 16.7 Å². The van der Waals surface area contributed by atoms with Crippen molar-refractivity contribution in [2.75, 3.05) is 7.11 Å². The summed E-state index contributed by atoms with van der Waals surface area (Å²) in [5, 5.41) is 18.3. The molecule has 0 bridgehead atoms. The number of aromatic carboxylic acids is 1. The van der Waals surface area contributed by atoms with Crippen molar-refractivity contribution >= 4 is 24.0 Å². The zero-order valence-corrected chi connectivity index (χ0v) is 13.2. The van der Waals surface area contributed by atoms with Crippen molar-refractivity contribution in [1.29, 1.82) is 0 Å². The van der Waals surface area contributed by atoms with Crippen LogP contribution in [0.1, 0.15) is 52.6 Å². The highest BCUT2D eigenvalue weighted by molar-refractivity contribution is 6.11. The van der Waals surface area contributed by atoms with E-state index in [-0.39, 0.29) is 27.8 Å². The third-order valence-corrected chi connectivity index (χ3v) is 3.62. The third kappa shape index (κ3) is 3.61. The molecule has 0 aliphatic heterocycles. The number of esters is 1. The monoisotopic (exact) mass is 342 g/mol. The van der Waals surface area contributed by atoms with Crippen LogP contribution < -0.4 is 0 Å². The molecule has 2 N–H and O–H groups in total. The number of rotatable bonds is 6. The highest BCUT2D eigenvalue weighted by Gasteiger charge is 2.18. The molecule has 2 aromatic rings. The molecule has 0 saturated heterocycles. The fourth-order valence-electron chi connectivity index (χ4n) is 2.32. The third-order valence-electron chi connectivity index (χ3n) is 3.62.